The number of sulfonamides is 1. The second-order valence-electron chi connectivity index (χ2n) is 9.00. The van der Waals surface area contributed by atoms with Crippen molar-refractivity contribution >= 4 is 16.0 Å². The Balaban J connectivity index is 0.000000479. The molecule has 188 valence electrons. The summed E-state index contributed by atoms with van der Waals surface area (Å²) in [7, 11) is -3.14. The molecule has 0 bridgehead atoms. The van der Waals surface area contributed by atoms with Crippen LogP contribution in [0.25, 0.3) is 0 Å². The summed E-state index contributed by atoms with van der Waals surface area (Å²) in [5.41, 5.74) is 1.27. The first kappa shape index (κ1) is 27.5. The van der Waals surface area contributed by atoms with E-state index in [1.54, 1.807) is 10.5 Å². The van der Waals surface area contributed by atoms with Crippen molar-refractivity contribution in [3.63, 3.8) is 0 Å². The molecule has 8 nitrogen and oxygen atoms in total. The van der Waals surface area contributed by atoms with Crippen LogP contribution in [0.4, 0.5) is 13.2 Å². The number of carboxylic acid groups (broad SMARTS) is 1. The van der Waals surface area contributed by atoms with Gasteiger partial charge in [0.25, 0.3) is 0 Å². The van der Waals surface area contributed by atoms with Gasteiger partial charge in [-0.2, -0.15) is 13.2 Å². The fourth-order valence-corrected chi connectivity index (χ4v) is 5.83. The third-order valence-electron chi connectivity index (χ3n) is 5.61. The van der Waals surface area contributed by atoms with E-state index in [9.17, 15) is 21.6 Å². The fraction of sp³-hybridized carbons (Fsp3) is 0.714. The normalized spacial score (nSPS) is 20.2. The van der Waals surface area contributed by atoms with Crippen LogP contribution in [-0.4, -0.2) is 85.0 Å². The number of aliphatic carboxylic acids is 1. The third kappa shape index (κ3) is 8.84. The van der Waals surface area contributed by atoms with E-state index in [4.69, 9.17) is 14.6 Å². The van der Waals surface area contributed by atoms with Crippen molar-refractivity contribution in [2.75, 3.05) is 45.1 Å². The highest BCUT2D eigenvalue weighted by Crippen LogP contribution is 2.35. The molecule has 2 aliphatic heterocycles. The number of pyridine rings is 1. The van der Waals surface area contributed by atoms with Crippen LogP contribution in [0.1, 0.15) is 32.3 Å². The third-order valence-corrected chi connectivity index (χ3v) is 7.85. The molecule has 3 heterocycles. The minimum atomic E-state index is -5.08. The Kier molecular flexibility index (Phi) is 9.65. The molecule has 0 saturated carbocycles. The maximum atomic E-state index is 12.5. The average Bonchev–Trinajstić information content (AvgIpc) is 2.90. The van der Waals surface area contributed by atoms with Gasteiger partial charge >= 0.3 is 12.1 Å². The molecule has 1 aromatic heterocycles. The Hall–Kier alpha value is -1.76. The lowest BCUT2D eigenvalue weighted by atomic mass is 9.79. The molecule has 2 fully saturated rings. The first-order chi connectivity index (χ1) is 15.3. The molecule has 1 N–H and O–H groups in total. The zero-order chi connectivity index (χ0) is 24.7. The number of nitrogens with zero attached hydrogens (tertiary/aromatic N) is 3. The van der Waals surface area contributed by atoms with Gasteiger partial charge in [0.2, 0.25) is 10.0 Å². The Bertz CT molecular complexity index is 858. The zero-order valence-electron chi connectivity index (χ0n) is 18.9. The number of piperidine rings is 1. The maximum absolute atomic E-state index is 12.5. The number of hydrogen-bond donors (Lipinski definition) is 1. The molecular weight excluding hydrogens is 463 g/mol. The Labute approximate surface area is 192 Å². The lowest BCUT2D eigenvalue weighted by molar-refractivity contribution is -0.192. The van der Waals surface area contributed by atoms with Crippen LogP contribution in [-0.2, 0) is 26.1 Å². The summed E-state index contributed by atoms with van der Waals surface area (Å²) < 4.78 is 64.4. The molecule has 0 amide bonds. The summed E-state index contributed by atoms with van der Waals surface area (Å²) in [6.07, 6.45) is 0.366. The van der Waals surface area contributed by atoms with Crippen LogP contribution in [0.15, 0.2) is 24.5 Å². The Morgan fingerprint density at radius 1 is 1.27 bits per heavy atom. The monoisotopic (exact) mass is 495 g/mol. The Morgan fingerprint density at radius 2 is 1.91 bits per heavy atom. The van der Waals surface area contributed by atoms with Crippen molar-refractivity contribution in [2.24, 2.45) is 11.3 Å². The van der Waals surface area contributed by atoms with Crippen LogP contribution in [0.3, 0.4) is 0 Å². The molecular formula is C21H32F3N3O5S. The highest BCUT2D eigenvalue weighted by molar-refractivity contribution is 7.89. The van der Waals surface area contributed by atoms with Crippen LogP contribution >= 0.6 is 0 Å². The van der Waals surface area contributed by atoms with Crippen LogP contribution in [0.2, 0.25) is 0 Å². The Morgan fingerprint density at radius 3 is 2.42 bits per heavy atom. The van der Waals surface area contributed by atoms with E-state index in [0.29, 0.717) is 13.1 Å². The summed E-state index contributed by atoms with van der Waals surface area (Å²) in [6, 6.07) is 4.07. The molecule has 0 atom stereocenters. The molecule has 0 aliphatic carbocycles. The smallest absolute Gasteiger partial charge is 0.475 e. The van der Waals surface area contributed by atoms with Gasteiger partial charge in [0.1, 0.15) is 0 Å². The molecule has 1 aromatic rings. The molecule has 1 spiro atoms. The molecule has 3 rings (SSSR count). The molecule has 2 saturated heterocycles. The van der Waals surface area contributed by atoms with Crippen molar-refractivity contribution in [3.05, 3.63) is 30.1 Å². The van der Waals surface area contributed by atoms with Gasteiger partial charge in [-0.25, -0.2) is 17.5 Å². The molecule has 2 aliphatic rings. The lowest BCUT2D eigenvalue weighted by Gasteiger charge is -2.42. The van der Waals surface area contributed by atoms with Crippen molar-refractivity contribution in [3.8, 4) is 0 Å². The highest BCUT2D eigenvalue weighted by Gasteiger charge is 2.41. The van der Waals surface area contributed by atoms with Gasteiger partial charge in [0.05, 0.1) is 19.0 Å². The van der Waals surface area contributed by atoms with Crippen molar-refractivity contribution in [1.82, 2.24) is 14.2 Å². The van der Waals surface area contributed by atoms with Crippen molar-refractivity contribution in [2.45, 2.75) is 39.4 Å². The minimum absolute atomic E-state index is 0.0581. The summed E-state index contributed by atoms with van der Waals surface area (Å²) in [6.45, 7) is 9.33. The number of rotatable bonds is 5. The molecule has 33 heavy (non-hydrogen) atoms. The lowest BCUT2D eigenvalue weighted by Crippen LogP contribution is -2.49. The maximum Gasteiger partial charge on any atom is 0.490 e. The van der Waals surface area contributed by atoms with E-state index in [2.05, 4.69) is 16.0 Å². The number of halogens is 3. The zero-order valence-corrected chi connectivity index (χ0v) is 19.7. The number of carboxylic acids is 1. The van der Waals surface area contributed by atoms with Gasteiger partial charge < -0.3 is 9.84 Å². The number of alkyl halides is 3. The van der Waals surface area contributed by atoms with Gasteiger partial charge in [-0.05, 0) is 30.4 Å². The number of hydrogen-bond acceptors (Lipinski definition) is 6. The van der Waals surface area contributed by atoms with Gasteiger partial charge in [-0.15, -0.1) is 0 Å². The number of aromatic nitrogens is 1. The second kappa shape index (κ2) is 11.6. The van der Waals surface area contributed by atoms with Crippen molar-refractivity contribution < 1.29 is 36.2 Å². The van der Waals surface area contributed by atoms with Crippen LogP contribution in [0.5, 0.6) is 0 Å². The predicted octanol–water partition coefficient (Wildman–Crippen LogP) is 2.62. The largest absolute Gasteiger partial charge is 0.490 e. The molecule has 0 aromatic carbocycles. The quantitative estimate of drug-likeness (QED) is 0.670. The standard InChI is InChI=1S/C19H31N3O3S.C2HF3O2/c1-17(2)14-26(23,24)22-8-5-19(6-9-22)15-21(10-11-25-16-19)13-18-4-3-7-20-12-18;3-2(4,5)1(6)7/h3-4,7,12,17H,5-6,8-11,13-16H2,1-2H3;(H,6,7). The topological polar surface area (TPSA) is 100 Å². The SMILES string of the molecule is CC(C)CS(=O)(=O)N1CCC2(CC1)COCCN(Cc1cccnc1)C2.O=C(O)C(F)(F)F. The van der Waals surface area contributed by atoms with E-state index in [-0.39, 0.29) is 17.1 Å². The van der Waals surface area contributed by atoms with E-state index >= 15 is 0 Å². The summed E-state index contributed by atoms with van der Waals surface area (Å²) >= 11 is 0. The minimum Gasteiger partial charge on any atom is -0.475 e. The van der Waals surface area contributed by atoms with Gasteiger partial charge in [0.15, 0.2) is 0 Å². The highest BCUT2D eigenvalue weighted by atomic mass is 32.2. The van der Waals surface area contributed by atoms with Crippen LogP contribution in [0, 0.1) is 11.3 Å². The van der Waals surface area contributed by atoms with Gasteiger partial charge in [-0.3, -0.25) is 9.88 Å². The number of carbonyl (C=O) groups is 1. The summed E-state index contributed by atoms with van der Waals surface area (Å²) in [4.78, 5) is 15.5. The average molecular weight is 496 g/mol. The van der Waals surface area contributed by atoms with E-state index in [1.165, 1.54) is 5.56 Å². The first-order valence-electron chi connectivity index (χ1n) is 10.8. The molecule has 0 radical (unpaired) electrons. The molecule has 12 heteroatoms. The van der Waals surface area contributed by atoms with Crippen molar-refractivity contribution in [1.29, 1.82) is 0 Å². The fourth-order valence-electron chi connectivity index (χ4n) is 4.03. The predicted molar refractivity (Wildman–Crippen MR) is 116 cm³/mol. The van der Waals surface area contributed by atoms with E-state index in [0.717, 1.165) is 45.7 Å². The summed E-state index contributed by atoms with van der Waals surface area (Å²) in [5, 5.41) is 7.12. The molecule has 0 unspecified atom stereocenters. The van der Waals surface area contributed by atoms with Gasteiger partial charge in [-0.1, -0.05) is 19.9 Å². The second-order valence-corrected chi connectivity index (χ2v) is 11.0. The van der Waals surface area contributed by atoms with E-state index < -0.39 is 22.2 Å². The number of ether oxygens (including phenoxy) is 1. The van der Waals surface area contributed by atoms with E-state index in [1.807, 2.05) is 26.1 Å². The van der Waals surface area contributed by atoms with Gasteiger partial charge in [0, 0.05) is 50.5 Å². The first-order valence-corrected chi connectivity index (χ1v) is 12.4. The van der Waals surface area contributed by atoms with Crippen LogP contribution < -0.4 is 0 Å². The summed E-state index contributed by atoms with van der Waals surface area (Å²) in [5.74, 6) is -2.36.